The van der Waals surface area contributed by atoms with Crippen molar-refractivity contribution in [2.24, 2.45) is 0 Å². The molecule has 20 heavy (non-hydrogen) atoms. The molecule has 4 nitrogen and oxygen atoms in total. The lowest BCUT2D eigenvalue weighted by Crippen LogP contribution is -1.90. The van der Waals surface area contributed by atoms with Crippen LogP contribution in [0, 0.1) is 6.92 Å². The van der Waals surface area contributed by atoms with E-state index in [1.807, 2.05) is 55.5 Å². The van der Waals surface area contributed by atoms with Crippen LogP contribution < -0.4 is 5.73 Å². The first-order valence-electron chi connectivity index (χ1n) is 6.45. The van der Waals surface area contributed by atoms with Gasteiger partial charge in [-0.2, -0.15) is 0 Å². The molecule has 0 radical (unpaired) electrons. The molecule has 3 aromatic rings. The number of nitrogens with two attached hydrogens (primary N) is 1. The number of aryl methyl sites for hydroxylation is 1. The number of nitrogen functional groups attached to an aromatic ring is 1. The van der Waals surface area contributed by atoms with Crippen molar-refractivity contribution in [2.45, 2.75) is 13.3 Å². The van der Waals surface area contributed by atoms with Gasteiger partial charge in [0, 0.05) is 11.3 Å². The molecule has 0 aliphatic heterocycles. The fourth-order valence-corrected chi connectivity index (χ4v) is 2.06. The van der Waals surface area contributed by atoms with Crippen molar-refractivity contribution in [1.82, 2.24) is 10.2 Å². The van der Waals surface area contributed by atoms with Crippen molar-refractivity contribution < 1.29 is 4.42 Å². The maximum atomic E-state index is 5.73. The molecule has 0 aliphatic rings. The number of hydrogen-bond donors (Lipinski definition) is 1. The van der Waals surface area contributed by atoms with Crippen LogP contribution in [0.15, 0.2) is 52.9 Å². The normalized spacial score (nSPS) is 10.7. The maximum absolute atomic E-state index is 5.73. The summed E-state index contributed by atoms with van der Waals surface area (Å²) in [5.41, 5.74) is 9.61. The summed E-state index contributed by atoms with van der Waals surface area (Å²) in [7, 11) is 0. The Hall–Kier alpha value is -2.62. The summed E-state index contributed by atoms with van der Waals surface area (Å²) in [6.07, 6.45) is 0.610. The van der Waals surface area contributed by atoms with E-state index in [1.165, 1.54) is 0 Å². The van der Waals surface area contributed by atoms with Crippen molar-refractivity contribution in [3.05, 3.63) is 65.5 Å². The molecular formula is C16H15N3O. The monoisotopic (exact) mass is 265 g/mol. The van der Waals surface area contributed by atoms with Crippen molar-refractivity contribution in [2.75, 3.05) is 5.73 Å². The average Bonchev–Trinajstić information content (AvgIpc) is 2.90. The molecule has 3 rings (SSSR count). The third-order valence-corrected chi connectivity index (χ3v) is 3.18. The van der Waals surface area contributed by atoms with Gasteiger partial charge in [0.05, 0.1) is 6.42 Å². The summed E-state index contributed by atoms with van der Waals surface area (Å²) >= 11 is 0. The Morgan fingerprint density at radius 2 is 1.75 bits per heavy atom. The third kappa shape index (κ3) is 2.54. The highest BCUT2D eigenvalue weighted by atomic mass is 16.4. The standard InChI is InChI=1S/C16H15N3O/c1-11-4-2-3-5-14(11)16-19-18-15(20-16)10-12-6-8-13(17)9-7-12/h2-9H,10,17H2,1H3. The molecule has 0 bridgehead atoms. The fourth-order valence-electron chi connectivity index (χ4n) is 2.06. The zero-order chi connectivity index (χ0) is 13.9. The predicted molar refractivity (Wildman–Crippen MR) is 78.1 cm³/mol. The van der Waals surface area contributed by atoms with Crippen LogP contribution in [0.5, 0.6) is 0 Å². The van der Waals surface area contributed by atoms with Gasteiger partial charge in [-0.25, -0.2) is 0 Å². The van der Waals surface area contributed by atoms with E-state index in [2.05, 4.69) is 10.2 Å². The summed E-state index contributed by atoms with van der Waals surface area (Å²) in [4.78, 5) is 0. The van der Waals surface area contributed by atoms with Crippen LogP contribution in [0.1, 0.15) is 17.0 Å². The van der Waals surface area contributed by atoms with E-state index in [9.17, 15) is 0 Å². The highest BCUT2D eigenvalue weighted by Crippen LogP contribution is 2.22. The summed E-state index contributed by atoms with van der Waals surface area (Å²) in [5.74, 6) is 1.17. The Morgan fingerprint density at radius 3 is 2.50 bits per heavy atom. The second-order valence-corrected chi connectivity index (χ2v) is 4.73. The minimum atomic E-state index is 0.563. The van der Waals surface area contributed by atoms with Crippen LogP contribution in [0.4, 0.5) is 5.69 Å². The third-order valence-electron chi connectivity index (χ3n) is 3.18. The zero-order valence-electron chi connectivity index (χ0n) is 11.2. The van der Waals surface area contributed by atoms with E-state index < -0.39 is 0 Å². The Labute approximate surface area is 117 Å². The van der Waals surface area contributed by atoms with Crippen molar-refractivity contribution in [3.8, 4) is 11.5 Å². The second-order valence-electron chi connectivity index (χ2n) is 4.73. The van der Waals surface area contributed by atoms with Crippen LogP contribution in [-0.4, -0.2) is 10.2 Å². The highest BCUT2D eigenvalue weighted by molar-refractivity contribution is 5.57. The van der Waals surface area contributed by atoms with E-state index in [0.717, 1.165) is 22.4 Å². The number of benzene rings is 2. The van der Waals surface area contributed by atoms with Gasteiger partial charge < -0.3 is 10.2 Å². The molecule has 1 heterocycles. The molecule has 0 saturated carbocycles. The lowest BCUT2D eigenvalue weighted by Gasteiger charge is -1.99. The minimum Gasteiger partial charge on any atom is -0.420 e. The molecule has 0 fully saturated rings. The first-order valence-corrected chi connectivity index (χ1v) is 6.45. The molecule has 2 aromatic carbocycles. The maximum Gasteiger partial charge on any atom is 0.248 e. The SMILES string of the molecule is Cc1ccccc1-c1nnc(Cc2ccc(N)cc2)o1. The molecule has 4 heteroatoms. The molecule has 0 amide bonds. The minimum absolute atomic E-state index is 0.563. The molecular weight excluding hydrogens is 250 g/mol. The summed E-state index contributed by atoms with van der Waals surface area (Å²) in [6, 6.07) is 15.6. The van der Waals surface area contributed by atoms with E-state index in [0.29, 0.717) is 18.2 Å². The zero-order valence-corrected chi connectivity index (χ0v) is 11.2. The molecule has 1 aromatic heterocycles. The van der Waals surface area contributed by atoms with Crippen LogP contribution in [-0.2, 0) is 6.42 Å². The summed E-state index contributed by atoms with van der Waals surface area (Å²) in [5, 5.41) is 8.22. The lowest BCUT2D eigenvalue weighted by molar-refractivity contribution is 0.518. The Balaban J connectivity index is 1.84. The number of aromatic nitrogens is 2. The van der Waals surface area contributed by atoms with Gasteiger partial charge in [0.25, 0.3) is 0 Å². The Morgan fingerprint density at radius 1 is 1.00 bits per heavy atom. The fraction of sp³-hybridized carbons (Fsp3) is 0.125. The van der Waals surface area contributed by atoms with Gasteiger partial charge in [-0.05, 0) is 36.2 Å². The number of rotatable bonds is 3. The van der Waals surface area contributed by atoms with Gasteiger partial charge in [0.1, 0.15) is 0 Å². The quantitative estimate of drug-likeness (QED) is 0.738. The van der Waals surface area contributed by atoms with Gasteiger partial charge >= 0.3 is 0 Å². The first-order chi connectivity index (χ1) is 9.72. The largest absolute Gasteiger partial charge is 0.420 e. The average molecular weight is 265 g/mol. The van der Waals surface area contributed by atoms with Crippen LogP contribution >= 0.6 is 0 Å². The predicted octanol–water partition coefficient (Wildman–Crippen LogP) is 3.22. The van der Waals surface area contributed by atoms with Gasteiger partial charge in [0.15, 0.2) is 0 Å². The Bertz CT molecular complexity index is 717. The molecule has 100 valence electrons. The summed E-state index contributed by atoms with van der Waals surface area (Å²) < 4.78 is 5.73. The second kappa shape index (κ2) is 5.17. The smallest absolute Gasteiger partial charge is 0.248 e. The van der Waals surface area contributed by atoms with Gasteiger partial charge in [0.2, 0.25) is 11.8 Å². The lowest BCUT2D eigenvalue weighted by atomic mass is 10.1. The van der Waals surface area contributed by atoms with Crippen LogP contribution in [0.3, 0.4) is 0 Å². The number of hydrogen-bond acceptors (Lipinski definition) is 4. The first kappa shape index (κ1) is 12.4. The number of anilines is 1. The number of nitrogens with zero attached hydrogens (tertiary/aromatic N) is 2. The highest BCUT2D eigenvalue weighted by Gasteiger charge is 2.10. The van der Waals surface area contributed by atoms with Crippen LogP contribution in [0.2, 0.25) is 0 Å². The van der Waals surface area contributed by atoms with E-state index in [1.54, 1.807) is 0 Å². The van der Waals surface area contributed by atoms with Gasteiger partial charge in [-0.3, -0.25) is 0 Å². The van der Waals surface area contributed by atoms with Crippen LogP contribution in [0.25, 0.3) is 11.5 Å². The van der Waals surface area contributed by atoms with E-state index in [4.69, 9.17) is 10.2 Å². The molecule has 0 aliphatic carbocycles. The van der Waals surface area contributed by atoms with Gasteiger partial charge in [-0.15, -0.1) is 10.2 Å². The van der Waals surface area contributed by atoms with E-state index in [-0.39, 0.29) is 0 Å². The molecule has 0 unspecified atom stereocenters. The Kier molecular flexibility index (Phi) is 3.21. The summed E-state index contributed by atoms with van der Waals surface area (Å²) in [6.45, 7) is 2.03. The molecule has 2 N–H and O–H groups in total. The van der Waals surface area contributed by atoms with Crippen molar-refractivity contribution >= 4 is 5.69 Å². The molecule has 0 atom stereocenters. The van der Waals surface area contributed by atoms with Crippen molar-refractivity contribution in [3.63, 3.8) is 0 Å². The molecule has 0 spiro atoms. The van der Waals surface area contributed by atoms with Crippen molar-refractivity contribution in [1.29, 1.82) is 0 Å². The van der Waals surface area contributed by atoms with E-state index >= 15 is 0 Å². The molecule has 0 saturated heterocycles. The van der Waals surface area contributed by atoms with Gasteiger partial charge in [-0.1, -0.05) is 30.3 Å². The topological polar surface area (TPSA) is 64.9 Å².